The molecule has 0 aliphatic rings. The zero-order valence-electron chi connectivity index (χ0n) is 13.6. The maximum atomic E-state index is 5.92. The molecule has 0 saturated carbocycles. The van der Waals surface area contributed by atoms with Gasteiger partial charge in [-0.2, -0.15) is 0 Å². The predicted octanol–water partition coefficient (Wildman–Crippen LogP) is 4.42. The quantitative estimate of drug-likeness (QED) is 0.559. The molecular formula is C17H26N2OSi. The monoisotopic (exact) mass is 302 g/mol. The van der Waals surface area contributed by atoms with E-state index < -0.39 is 8.07 Å². The number of hydrogen-bond acceptors (Lipinski definition) is 2. The lowest BCUT2D eigenvalue weighted by Crippen LogP contribution is -2.22. The van der Waals surface area contributed by atoms with Crippen LogP contribution in [-0.2, 0) is 17.9 Å². The SMILES string of the molecule is CCc1cnc(-c2ccccc2)n1COCC[Si](C)(C)C. The van der Waals surface area contributed by atoms with Crippen LogP contribution in [-0.4, -0.2) is 24.2 Å². The fourth-order valence-electron chi connectivity index (χ4n) is 2.19. The first-order valence-corrected chi connectivity index (χ1v) is 11.4. The van der Waals surface area contributed by atoms with Gasteiger partial charge in [0.2, 0.25) is 0 Å². The first kappa shape index (κ1) is 16.0. The number of hydrogen-bond donors (Lipinski definition) is 0. The smallest absolute Gasteiger partial charge is 0.142 e. The summed E-state index contributed by atoms with van der Waals surface area (Å²) in [5.41, 5.74) is 2.37. The minimum absolute atomic E-state index is 0.595. The first-order chi connectivity index (χ1) is 10.0. The van der Waals surface area contributed by atoms with Crippen LogP contribution in [0.25, 0.3) is 11.4 Å². The summed E-state index contributed by atoms with van der Waals surface area (Å²) in [5, 5.41) is 0. The van der Waals surface area contributed by atoms with E-state index in [1.165, 1.54) is 11.7 Å². The standard InChI is InChI=1S/C17H26N2OSi/c1-5-16-13-18-17(15-9-7-6-8-10-15)19(16)14-20-11-12-21(2,3)4/h6-10,13H,5,11-12,14H2,1-4H3. The van der Waals surface area contributed by atoms with Gasteiger partial charge in [-0.05, 0) is 12.5 Å². The van der Waals surface area contributed by atoms with E-state index in [1.807, 2.05) is 24.4 Å². The topological polar surface area (TPSA) is 27.1 Å². The van der Waals surface area contributed by atoms with Crippen molar-refractivity contribution in [2.75, 3.05) is 6.61 Å². The van der Waals surface area contributed by atoms with Crippen LogP contribution in [0.2, 0.25) is 25.7 Å². The molecule has 1 heterocycles. The second-order valence-electron chi connectivity index (χ2n) is 6.57. The highest BCUT2D eigenvalue weighted by molar-refractivity contribution is 6.76. The van der Waals surface area contributed by atoms with Crippen molar-refractivity contribution in [3.05, 3.63) is 42.2 Å². The maximum absolute atomic E-state index is 5.92. The van der Waals surface area contributed by atoms with Gasteiger partial charge in [-0.15, -0.1) is 0 Å². The predicted molar refractivity (Wildman–Crippen MR) is 91.1 cm³/mol. The normalized spacial score (nSPS) is 11.8. The third-order valence-electron chi connectivity index (χ3n) is 3.55. The van der Waals surface area contributed by atoms with Gasteiger partial charge in [0, 0.05) is 32.1 Å². The van der Waals surface area contributed by atoms with E-state index in [0.29, 0.717) is 6.73 Å². The van der Waals surface area contributed by atoms with Gasteiger partial charge < -0.3 is 9.30 Å². The lowest BCUT2D eigenvalue weighted by molar-refractivity contribution is 0.0866. The Morgan fingerprint density at radius 1 is 1.14 bits per heavy atom. The van der Waals surface area contributed by atoms with Gasteiger partial charge in [0.25, 0.3) is 0 Å². The molecule has 4 heteroatoms. The zero-order valence-corrected chi connectivity index (χ0v) is 14.6. The van der Waals surface area contributed by atoms with Gasteiger partial charge in [0.05, 0.1) is 0 Å². The Morgan fingerprint density at radius 3 is 2.48 bits per heavy atom. The molecule has 0 spiro atoms. The molecule has 2 rings (SSSR count). The van der Waals surface area contributed by atoms with Gasteiger partial charge in [-0.25, -0.2) is 4.98 Å². The lowest BCUT2D eigenvalue weighted by Gasteiger charge is -2.17. The Hall–Kier alpha value is -1.39. The molecule has 0 atom stereocenters. The summed E-state index contributed by atoms with van der Waals surface area (Å²) in [4.78, 5) is 4.58. The van der Waals surface area contributed by atoms with Gasteiger partial charge in [-0.1, -0.05) is 56.9 Å². The molecule has 0 unspecified atom stereocenters. The summed E-state index contributed by atoms with van der Waals surface area (Å²) in [6.45, 7) is 10.7. The highest BCUT2D eigenvalue weighted by atomic mass is 28.3. The highest BCUT2D eigenvalue weighted by Gasteiger charge is 2.14. The number of ether oxygens (including phenoxy) is 1. The van der Waals surface area contributed by atoms with Gasteiger partial charge in [-0.3, -0.25) is 0 Å². The molecule has 0 saturated heterocycles. The van der Waals surface area contributed by atoms with E-state index in [-0.39, 0.29) is 0 Å². The van der Waals surface area contributed by atoms with Crippen molar-refractivity contribution >= 4 is 8.07 Å². The van der Waals surface area contributed by atoms with Gasteiger partial charge in [0.1, 0.15) is 12.6 Å². The molecule has 0 aliphatic carbocycles. The second kappa shape index (κ2) is 7.05. The molecule has 0 fully saturated rings. The molecular weight excluding hydrogens is 276 g/mol. The van der Waals surface area contributed by atoms with Crippen molar-refractivity contribution in [2.45, 2.75) is 45.8 Å². The van der Waals surface area contributed by atoms with Gasteiger partial charge >= 0.3 is 0 Å². The number of aryl methyl sites for hydroxylation is 1. The van der Waals surface area contributed by atoms with Crippen LogP contribution in [0.5, 0.6) is 0 Å². The van der Waals surface area contributed by atoms with Crippen LogP contribution < -0.4 is 0 Å². The molecule has 0 N–H and O–H groups in total. The zero-order chi connectivity index (χ0) is 15.3. The lowest BCUT2D eigenvalue weighted by atomic mass is 10.2. The third kappa shape index (κ3) is 4.54. The number of nitrogens with zero attached hydrogens (tertiary/aromatic N) is 2. The van der Waals surface area contributed by atoms with Crippen molar-refractivity contribution < 1.29 is 4.74 Å². The van der Waals surface area contributed by atoms with Crippen LogP contribution in [0.15, 0.2) is 36.5 Å². The van der Waals surface area contributed by atoms with Crippen LogP contribution in [0, 0.1) is 0 Å². The van der Waals surface area contributed by atoms with E-state index in [0.717, 1.165) is 24.4 Å². The van der Waals surface area contributed by atoms with E-state index in [4.69, 9.17) is 4.74 Å². The van der Waals surface area contributed by atoms with Crippen molar-refractivity contribution in [1.82, 2.24) is 9.55 Å². The van der Waals surface area contributed by atoms with Crippen LogP contribution in [0.4, 0.5) is 0 Å². The number of rotatable bonds is 7. The summed E-state index contributed by atoms with van der Waals surface area (Å²) in [7, 11) is -1.03. The first-order valence-electron chi connectivity index (χ1n) is 7.69. The molecule has 21 heavy (non-hydrogen) atoms. The Morgan fingerprint density at radius 2 is 1.86 bits per heavy atom. The molecule has 0 aliphatic heterocycles. The van der Waals surface area contributed by atoms with Crippen molar-refractivity contribution in [3.8, 4) is 11.4 Å². The summed E-state index contributed by atoms with van der Waals surface area (Å²) in [6, 6.07) is 11.5. The molecule has 1 aromatic heterocycles. The Bertz CT molecular complexity index is 558. The number of aromatic nitrogens is 2. The van der Waals surface area contributed by atoms with Crippen LogP contribution >= 0.6 is 0 Å². The van der Waals surface area contributed by atoms with Crippen LogP contribution in [0.1, 0.15) is 12.6 Å². The fraction of sp³-hybridized carbons (Fsp3) is 0.471. The Kier molecular flexibility index (Phi) is 5.37. The largest absolute Gasteiger partial charge is 0.361 e. The van der Waals surface area contributed by atoms with Crippen LogP contribution in [0.3, 0.4) is 0 Å². The molecule has 0 bridgehead atoms. The van der Waals surface area contributed by atoms with E-state index in [1.54, 1.807) is 0 Å². The number of benzene rings is 1. The molecule has 114 valence electrons. The molecule has 2 aromatic rings. The summed E-state index contributed by atoms with van der Waals surface area (Å²) in [6.07, 6.45) is 2.93. The minimum atomic E-state index is -1.03. The Balaban J connectivity index is 2.09. The van der Waals surface area contributed by atoms with Crippen molar-refractivity contribution in [1.29, 1.82) is 0 Å². The van der Waals surface area contributed by atoms with Crippen molar-refractivity contribution in [2.24, 2.45) is 0 Å². The molecule has 3 nitrogen and oxygen atoms in total. The molecule has 1 aromatic carbocycles. The summed E-state index contributed by atoms with van der Waals surface area (Å²) < 4.78 is 8.11. The van der Waals surface area contributed by atoms with E-state index in [9.17, 15) is 0 Å². The fourth-order valence-corrected chi connectivity index (χ4v) is 2.95. The maximum Gasteiger partial charge on any atom is 0.142 e. The third-order valence-corrected chi connectivity index (χ3v) is 5.25. The summed E-state index contributed by atoms with van der Waals surface area (Å²) >= 11 is 0. The average Bonchev–Trinajstić information content (AvgIpc) is 2.86. The molecule has 0 amide bonds. The highest BCUT2D eigenvalue weighted by Crippen LogP contribution is 2.20. The van der Waals surface area contributed by atoms with Gasteiger partial charge in [0.15, 0.2) is 0 Å². The second-order valence-corrected chi connectivity index (χ2v) is 12.2. The Labute approximate surface area is 129 Å². The van der Waals surface area contributed by atoms with E-state index in [2.05, 4.69) is 48.2 Å². The van der Waals surface area contributed by atoms with Crippen molar-refractivity contribution in [3.63, 3.8) is 0 Å². The minimum Gasteiger partial charge on any atom is -0.361 e. The molecule has 0 radical (unpaired) electrons. The average molecular weight is 302 g/mol. The number of imidazole rings is 1. The van der Waals surface area contributed by atoms with E-state index >= 15 is 0 Å². The summed E-state index contributed by atoms with van der Waals surface area (Å²) in [5.74, 6) is 1.00.